The fraction of sp³-hybridized carbons (Fsp3) is 0.417. The summed E-state index contributed by atoms with van der Waals surface area (Å²) in [6, 6.07) is 6.23. The molecule has 0 bridgehead atoms. The monoisotopic (exact) mass is 250 g/mol. The average molecular weight is 250 g/mol. The Hall–Kier alpha value is -2.11. The highest BCUT2D eigenvalue weighted by Crippen LogP contribution is 2.25. The number of benzene rings is 1. The van der Waals surface area contributed by atoms with E-state index in [-0.39, 0.29) is 11.6 Å². The lowest BCUT2D eigenvalue weighted by molar-refractivity contribution is -0.384. The number of carboxylic acid groups (broad SMARTS) is 1. The first kappa shape index (κ1) is 12.3. The quantitative estimate of drug-likeness (QED) is 0.654. The van der Waals surface area contributed by atoms with Crippen LogP contribution in [0.15, 0.2) is 24.3 Å². The predicted octanol–water partition coefficient (Wildman–Crippen LogP) is 1.90. The number of hydrogen-bond acceptors (Lipinski definition) is 4. The molecule has 0 spiro atoms. The zero-order valence-electron chi connectivity index (χ0n) is 9.78. The smallest absolute Gasteiger partial charge is 0.308 e. The van der Waals surface area contributed by atoms with Gasteiger partial charge in [-0.25, -0.2) is 0 Å². The predicted molar refractivity (Wildman–Crippen MR) is 65.7 cm³/mol. The van der Waals surface area contributed by atoms with Gasteiger partial charge in [0, 0.05) is 30.9 Å². The van der Waals surface area contributed by atoms with Crippen LogP contribution in [0.2, 0.25) is 0 Å². The minimum absolute atomic E-state index is 0.0468. The minimum atomic E-state index is -0.776. The molecule has 1 aromatic rings. The van der Waals surface area contributed by atoms with E-state index in [4.69, 9.17) is 5.11 Å². The molecule has 1 aliphatic rings. The Morgan fingerprint density at radius 1 is 1.39 bits per heavy atom. The molecule has 6 nitrogen and oxygen atoms in total. The summed E-state index contributed by atoms with van der Waals surface area (Å²) in [7, 11) is 0. The number of rotatable bonds is 3. The van der Waals surface area contributed by atoms with Crippen LogP contribution in [0, 0.1) is 16.0 Å². The molecule has 0 saturated carbocycles. The molecule has 0 aliphatic carbocycles. The van der Waals surface area contributed by atoms with Crippen molar-refractivity contribution in [2.24, 2.45) is 5.92 Å². The zero-order valence-corrected chi connectivity index (χ0v) is 9.78. The van der Waals surface area contributed by atoms with E-state index in [1.807, 2.05) is 4.90 Å². The number of carboxylic acids is 1. The summed E-state index contributed by atoms with van der Waals surface area (Å²) in [5.41, 5.74) is 0.886. The number of nitro benzene ring substituents is 1. The molecule has 1 heterocycles. The van der Waals surface area contributed by atoms with Crippen molar-refractivity contribution < 1.29 is 14.8 Å². The maximum absolute atomic E-state index is 11.0. The highest BCUT2D eigenvalue weighted by Gasteiger charge is 2.25. The topological polar surface area (TPSA) is 83.7 Å². The van der Waals surface area contributed by atoms with Crippen molar-refractivity contribution in [1.29, 1.82) is 0 Å². The fourth-order valence-electron chi connectivity index (χ4n) is 2.20. The largest absolute Gasteiger partial charge is 0.481 e. The second-order valence-corrected chi connectivity index (χ2v) is 4.40. The molecule has 18 heavy (non-hydrogen) atoms. The number of aliphatic carboxylic acids is 1. The molecule has 0 radical (unpaired) electrons. The Morgan fingerprint density at radius 3 is 2.61 bits per heavy atom. The van der Waals surface area contributed by atoms with E-state index in [0.717, 1.165) is 18.7 Å². The Labute approximate surface area is 104 Å². The van der Waals surface area contributed by atoms with Crippen molar-refractivity contribution in [3.8, 4) is 0 Å². The summed E-state index contributed by atoms with van der Waals surface area (Å²) < 4.78 is 0. The third-order valence-corrected chi connectivity index (χ3v) is 3.20. The molecule has 1 unspecified atom stereocenters. The molecular formula is C12H14N2O4. The van der Waals surface area contributed by atoms with Crippen LogP contribution in [0.5, 0.6) is 0 Å². The molecule has 96 valence electrons. The van der Waals surface area contributed by atoms with E-state index in [0.29, 0.717) is 13.0 Å². The maximum Gasteiger partial charge on any atom is 0.308 e. The standard InChI is InChI=1S/C12H14N2O4/c15-12(16)9-2-1-7-13(8-9)10-3-5-11(6-4-10)14(17)18/h3-6,9H,1-2,7-8H2,(H,15,16). The highest BCUT2D eigenvalue weighted by molar-refractivity contribution is 5.71. The number of anilines is 1. The van der Waals surface area contributed by atoms with Gasteiger partial charge in [0.1, 0.15) is 0 Å². The molecule has 2 rings (SSSR count). The van der Waals surface area contributed by atoms with Crippen molar-refractivity contribution >= 4 is 17.3 Å². The van der Waals surface area contributed by atoms with E-state index >= 15 is 0 Å². The van der Waals surface area contributed by atoms with Gasteiger partial charge in [0.25, 0.3) is 5.69 Å². The number of carbonyl (C=O) groups is 1. The lowest BCUT2D eigenvalue weighted by Crippen LogP contribution is -2.38. The Morgan fingerprint density at radius 2 is 2.06 bits per heavy atom. The molecule has 1 aliphatic heterocycles. The third kappa shape index (κ3) is 2.58. The Balaban J connectivity index is 2.11. The summed E-state index contributed by atoms with van der Waals surface area (Å²) >= 11 is 0. The number of non-ortho nitro benzene ring substituents is 1. The van der Waals surface area contributed by atoms with Crippen LogP contribution in [0.1, 0.15) is 12.8 Å². The van der Waals surface area contributed by atoms with Crippen LogP contribution in [-0.4, -0.2) is 29.1 Å². The van der Waals surface area contributed by atoms with E-state index in [2.05, 4.69) is 0 Å². The first-order valence-electron chi connectivity index (χ1n) is 5.80. The van der Waals surface area contributed by atoms with Gasteiger partial charge in [-0.3, -0.25) is 14.9 Å². The molecule has 1 atom stereocenters. The van der Waals surface area contributed by atoms with E-state index in [9.17, 15) is 14.9 Å². The first-order chi connectivity index (χ1) is 8.58. The van der Waals surface area contributed by atoms with Crippen molar-refractivity contribution in [2.75, 3.05) is 18.0 Å². The summed E-state index contributed by atoms with van der Waals surface area (Å²) in [5, 5.41) is 19.5. The van der Waals surface area contributed by atoms with Gasteiger partial charge in [-0.15, -0.1) is 0 Å². The first-order valence-corrected chi connectivity index (χ1v) is 5.80. The zero-order chi connectivity index (χ0) is 13.1. The second-order valence-electron chi connectivity index (χ2n) is 4.40. The van der Waals surface area contributed by atoms with Crippen LogP contribution in [0.4, 0.5) is 11.4 Å². The number of piperidine rings is 1. The Bertz CT molecular complexity index is 458. The van der Waals surface area contributed by atoms with Crippen LogP contribution in [0.3, 0.4) is 0 Å². The van der Waals surface area contributed by atoms with Crippen LogP contribution in [0.25, 0.3) is 0 Å². The van der Waals surface area contributed by atoms with Gasteiger partial charge in [0.2, 0.25) is 0 Å². The van der Waals surface area contributed by atoms with Gasteiger partial charge >= 0.3 is 5.97 Å². The molecule has 1 saturated heterocycles. The van der Waals surface area contributed by atoms with Gasteiger partial charge < -0.3 is 10.0 Å². The average Bonchev–Trinajstić information content (AvgIpc) is 2.39. The third-order valence-electron chi connectivity index (χ3n) is 3.20. The van der Waals surface area contributed by atoms with Crippen molar-refractivity contribution in [3.63, 3.8) is 0 Å². The number of nitro groups is 1. The molecular weight excluding hydrogens is 236 g/mol. The highest BCUT2D eigenvalue weighted by atomic mass is 16.6. The molecule has 0 aromatic heterocycles. The Kier molecular flexibility index (Phi) is 3.45. The van der Waals surface area contributed by atoms with Crippen molar-refractivity contribution in [3.05, 3.63) is 34.4 Å². The summed E-state index contributed by atoms with van der Waals surface area (Å²) in [4.78, 5) is 23.0. The lowest BCUT2D eigenvalue weighted by atomic mass is 9.98. The lowest BCUT2D eigenvalue weighted by Gasteiger charge is -2.32. The van der Waals surface area contributed by atoms with Gasteiger partial charge in [0.05, 0.1) is 10.8 Å². The van der Waals surface area contributed by atoms with Gasteiger partial charge in [-0.1, -0.05) is 0 Å². The summed E-state index contributed by atoms with van der Waals surface area (Å²) in [6.45, 7) is 1.26. The van der Waals surface area contributed by atoms with Crippen LogP contribution >= 0.6 is 0 Å². The summed E-state index contributed by atoms with van der Waals surface area (Å²) in [5.74, 6) is -1.13. The van der Waals surface area contributed by atoms with Gasteiger partial charge in [-0.2, -0.15) is 0 Å². The van der Waals surface area contributed by atoms with Crippen molar-refractivity contribution in [1.82, 2.24) is 0 Å². The maximum atomic E-state index is 11.0. The normalized spacial score (nSPS) is 19.6. The van der Waals surface area contributed by atoms with E-state index < -0.39 is 10.9 Å². The van der Waals surface area contributed by atoms with Crippen molar-refractivity contribution in [2.45, 2.75) is 12.8 Å². The second kappa shape index (κ2) is 5.03. The summed E-state index contributed by atoms with van der Waals surface area (Å²) in [6.07, 6.45) is 1.52. The van der Waals surface area contributed by atoms with Crippen LogP contribution in [-0.2, 0) is 4.79 Å². The van der Waals surface area contributed by atoms with Crippen LogP contribution < -0.4 is 4.90 Å². The van der Waals surface area contributed by atoms with Gasteiger partial charge in [-0.05, 0) is 25.0 Å². The molecule has 0 amide bonds. The minimum Gasteiger partial charge on any atom is -0.481 e. The number of nitrogens with zero attached hydrogens (tertiary/aromatic N) is 2. The molecule has 1 N–H and O–H groups in total. The fourth-order valence-corrected chi connectivity index (χ4v) is 2.20. The molecule has 1 fully saturated rings. The number of hydrogen-bond donors (Lipinski definition) is 1. The molecule has 1 aromatic carbocycles. The van der Waals surface area contributed by atoms with E-state index in [1.165, 1.54) is 12.1 Å². The SMILES string of the molecule is O=C(O)C1CCCN(c2ccc([N+](=O)[O-])cc2)C1. The molecule has 6 heteroatoms. The van der Waals surface area contributed by atoms with E-state index in [1.54, 1.807) is 12.1 Å². The van der Waals surface area contributed by atoms with Gasteiger partial charge in [0.15, 0.2) is 0 Å².